The molecule has 0 N–H and O–H groups in total. The summed E-state index contributed by atoms with van der Waals surface area (Å²) in [5.74, 6) is -1.73. The molecule has 1 atom stereocenters. The Morgan fingerprint density at radius 1 is 1.23 bits per heavy atom. The molecule has 0 saturated heterocycles. The molecular weight excluding hydrogens is 343 g/mol. The molecule has 0 aromatic heterocycles. The largest absolute Gasteiger partial charge is 0.449 e. The maximum Gasteiger partial charge on any atom is 0.339 e. The number of esters is 1. The Labute approximate surface area is 149 Å². The molecule has 0 aliphatic carbocycles. The number of benzene rings is 2. The number of carbonyl (C=O) groups excluding carboxylic acids is 2. The van der Waals surface area contributed by atoms with Crippen molar-refractivity contribution in [3.8, 4) is 0 Å². The zero-order valence-corrected chi connectivity index (χ0v) is 14.2. The summed E-state index contributed by atoms with van der Waals surface area (Å²) in [6.07, 6.45) is -1.10. The molecule has 8 heteroatoms. The maximum absolute atomic E-state index is 13.2. The summed E-state index contributed by atoms with van der Waals surface area (Å²) in [6, 6.07) is 10.9. The van der Waals surface area contributed by atoms with E-state index >= 15 is 0 Å². The molecule has 2 aromatic carbocycles. The molecule has 2 rings (SSSR count). The Balaban J connectivity index is 2.00. The van der Waals surface area contributed by atoms with E-state index < -0.39 is 28.7 Å². The van der Waals surface area contributed by atoms with E-state index in [-0.39, 0.29) is 17.8 Å². The van der Waals surface area contributed by atoms with Crippen LogP contribution in [-0.4, -0.2) is 34.9 Å². The summed E-state index contributed by atoms with van der Waals surface area (Å²) in [7, 11) is 1.50. The van der Waals surface area contributed by atoms with Gasteiger partial charge in [0.25, 0.3) is 11.6 Å². The van der Waals surface area contributed by atoms with E-state index in [0.29, 0.717) is 5.56 Å². The first-order chi connectivity index (χ1) is 12.3. The second kappa shape index (κ2) is 8.19. The van der Waals surface area contributed by atoms with Crippen molar-refractivity contribution >= 4 is 17.6 Å². The fraction of sp³-hybridized carbons (Fsp3) is 0.222. The van der Waals surface area contributed by atoms with Gasteiger partial charge in [0.05, 0.1) is 10.5 Å². The normalized spacial score (nSPS) is 11.5. The summed E-state index contributed by atoms with van der Waals surface area (Å²) < 4.78 is 18.3. The molecule has 0 fully saturated rings. The number of nitro benzene ring substituents is 1. The summed E-state index contributed by atoms with van der Waals surface area (Å²) >= 11 is 0. The van der Waals surface area contributed by atoms with E-state index in [9.17, 15) is 24.1 Å². The number of hydrogen-bond acceptors (Lipinski definition) is 5. The highest BCUT2D eigenvalue weighted by molar-refractivity contribution is 5.92. The van der Waals surface area contributed by atoms with Crippen LogP contribution in [0.25, 0.3) is 0 Å². The molecule has 0 heterocycles. The molecule has 1 amide bonds. The van der Waals surface area contributed by atoms with E-state index in [0.717, 1.165) is 6.07 Å². The molecule has 0 spiro atoms. The minimum absolute atomic E-state index is 0.0216. The predicted molar refractivity (Wildman–Crippen MR) is 90.8 cm³/mol. The third kappa shape index (κ3) is 4.85. The van der Waals surface area contributed by atoms with Gasteiger partial charge in [-0.05, 0) is 30.7 Å². The first-order valence-electron chi connectivity index (χ1n) is 7.73. The van der Waals surface area contributed by atoms with Gasteiger partial charge in [-0.15, -0.1) is 0 Å². The van der Waals surface area contributed by atoms with Crippen LogP contribution in [0.15, 0.2) is 48.5 Å². The SMILES string of the molecule is C[C@@H](OC(=O)c1cccc([N+](=O)[O-])c1)C(=O)N(C)Cc1cccc(F)c1. The highest BCUT2D eigenvalue weighted by Crippen LogP contribution is 2.15. The van der Waals surface area contributed by atoms with Crippen LogP contribution < -0.4 is 0 Å². The van der Waals surface area contributed by atoms with Crippen LogP contribution >= 0.6 is 0 Å². The first-order valence-corrected chi connectivity index (χ1v) is 7.73. The van der Waals surface area contributed by atoms with Crippen molar-refractivity contribution in [3.05, 3.63) is 75.6 Å². The number of nitro groups is 1. The van der Waals surface area contributed by atoms with Gasteiger partial charge in [-0.3, -0.25) is 14.9 Å². The zero-order chi connectivity index (χ0) is 19.3. The van der Waals surface area contributed by atoms with Gasteiger partial charge in [-0.1, -0.05) is 18.2 Å². The Hall–Kier alpha value is -3.29. The number of rotatable bonds is 6. The van der Waals surface area contributed by atoms with Crippen LogP contribution in [0, 0.1) is 15.9 Å². The third-order valence-electron chi connectivity index (χ3n) is 3.61. The van der Waals surface area contributed by atoms with Gasteiger partial charge >= 0.3 is 5.97 Å². The van der Waals surface area contributed by atoms with Crippen LogP contribution in [0.3, 0.4) is 0 Å². The number of likely N-dealkylation sites (N-methyl/N-ethyl adjacent to an activating group) is 1. The van der Waals surface area contributed by atoms with E-state index in [1.54, 1.807) is 6.07 Å². The van der Waals surface area contributed by atoms with Gasteiger partial charge in [0.15, 0.2) is 6.10 Å². The minimum atomic E-state index is -1.10. The Morgan fingerprint density at radius 2 is 1.92 bits per heavy atom. The van der Waals surface area contributed by atoms with E-state index in [4.69, 9.17) is 4.74 Å². The van der Waals surface area contributed by atoms with Crippen LogP contribution in [-0.2, 0) is 16.1 Å². The van der Waals surface area contributed by atoms with Crippen molar-refractivity contribution in [2.75, 3.05) is 7.05 Å². The summed E-state index contributed by atoms with van der Waals surface area (Å²) in [4.78, 5) is 35.9. The van der Waals surface area contributed by atoms with Crippen molar-refractivity contribution in [1.29, 1.82) is 0 Å². The first kappa shape index (κ1) is 19.0. The van der Waals surface area contributed by atoms with Gasteiger partial charge in [0.1, 0.15) is 5.82 Å². The zero-order valence-electron chi connectivity index (χ0n) is 14.2. The third-order valence-corrected chi connectivity index (χ3v) is 3.61. The predicted octanol–water partition coefficient (Wildman–Crippen LogP) is 2.94. The highest BCUT2D eigenvalue weighted by atomic mass is 19.1. The van der Waals surface area contributed by atoms with Crippen LogP contribution in [0.1, 0.15) is 22.8 Å². The van der Waals surface area contributed by atoms with Crippen molar-refractivity contribution < 1.29 is 23.6 Å². The van der Waals surface area contributed by atoms with E-state index in [1.807, 2.05) is 0 Å². The topological polar surface area (TPSA) is 89.7 Å². The average molecular weight is 360 g/mol. The Bertz CT molecular complexity index is 840. The minimum Gasteiger partial charge on any atom is -0.449 e. The van der Waals surface area contributed by atoms with Crippen molar-refractivity contribution in [2.24, 2.45) is 0 Å². The number of amides is 1. The number of hydrogen-bond donors (Lipinski definition) is 0. The van der Waals surface area contributed by atoms with Crippen molar-refractivity contribution in [1.82, 2.24) is 4.90 Å². The highest BCUT2D eigenvalue weighted by Gasteiger charge is 2.23. The smallest absolute Gasteiger partial charge is 0.339 e. The second-order valence-electron chi connectivity index (χ2n) is 5.68. The number of non-ortho nitro benzene ring substituents is 1. The number of carbonyl (C=O) groups is 2. The lowest BCUT2D eigenvalue weighted by molar-refractivity contribution is -0.384. The number of ether oxygens (including phenoxy) is 1. The van der Waals surface area contributed by atoms with Gasteiger partial charge < -0.3 is 9.64 Å². The molecule has 136 valence electrons. The maximum atomic E-state index is 13.2. The van der Waals surface area contributed by atoms with Gasteiger partial charge in [0, 0.05) is 25.7 Å². The molecule has 0 radical (unpaired) electrons. The number of nitrogens with zero attached hydrogens (tertiary/aromatic N) is 2. The standard InChI is InChI=1S/C18H17FN2O5/c1-12(17(22)20(2)11-13-5-3-7-15(19)9-13)26-18(23)14-6-4-8-16(10-14)21(24)25/h3-10,12H,11H2,1-2H3/t12-/m1/s1. The fourth-order valence-corrected chi connectivity index (χ4v) is 2.32. The van der Waals surface area contributed by atoms with Gasteiger partial charge in [-0.25, -0.2) is 9.18 Å². The average Bonchev–Trinajstić information content (AvgIpc) is 2.61. The lowest BCUT2D eigenvalue weighted by atomic mass is 10.2. The monoisotopic (exact) mass is 360 g/mol. The molecule has 0 saturated carbocycles. The molecule has 0 unspecified atom stereocenters. The lowest BCUT2D eigenvalue weighted by Gasteiger charge is -2.21. The van der Waals surface area contributed by atoms with E-state index in [2.05, 4.69) is 0 Å². The summed E-state index contributed by atoms with van der Waals surface area (Å²) in [5.41, 5.74) is 0.325. The summed E-state index contributed by atoms with van der Waals surface area (Å²) in [6.45, 7) is 1.55. The second-order valence-corrected chi connectivity index (χ2v) is 5.68. The molecule has 0 bridgehead atoms. The van der Waals surface area contributed by atoms with Crippen molar-refractivity contribution in [3.63, 3.8) is 0 Å². The van der Waals surface area contributed by atoms with Crippen LogP contribution in [0.4, 0.5) is 10.1 Å². The molecular formula is C18H17FN2O5. The van der Waals surface area contributed by atoms with Crippen LogP contribution in [0.5, 0.6) is 0 Å². The summed E-state index contributed by atoms with van der Waals surface area (Å²) in [5, 5.41) is 10.8. The molecule has 0 aliphatic rings. The molecule has 2 aromatic rings. The fourth-order valence-electron chi connectivity index (χ4n) is 2.32. The molecule has 26 heavy (non-hydrogen) atoms. The Kier molecular flexibility index (Phi) is 6.00. The van der Waals surface area contributed by atoms with Gasteiger partial charge in [0.2, 0.25) is 0 Å². The molecule has 7 nitrogen and oxygen atoms in total. The lowest BCUT2D eigenvalue weighted by Crippen LogP contribution is -2.37. The molecule has 0 aliphatic heterocycles. The quantitative estimate of drug-likeness (QED) is 0.449. The number of halogens is 1. The van der Waals surface area contributed by atoms with E-state index in [1.165, 1.54) is 55.3 Å². The van der Waals surface area contributed by atoms with Gasteiger partial charge in [-0.2, -0.15) is 0 Å². The van der Waals surface area contributed by atoms with Crippen LogP contribution in [0.2, 0.25) is 0 Å². The van der Waals surface area contributed by atoms with Crippen molar-refractivity contribution in [2.45, 2.75) is 19.6 Å². The Morgan fingerprint density at radius 3 is 2.58 bits per heavy atom.